The smallest absolute Gasteiger partial charge is 0.163 e. The van der Waals surface area contributed by atoms with E-state index in [-0.39, 0.29) is 6.04 Å². The molecule has 0 saturated heterocycles. The van der Waals surface area contributed by atoms with E-state index in [1.807, 2.05) is 13.8 Å². The molecule has 0 heterocycles. The minimum Gasteiger partial charge on any atom is -0.310 e. The summed E-state index contributed by atoms with van der Waals surface area (Å²) in [6.45, 7) is 8.31. The van der Waals surface area contributed by atoms with Crippen LogP contribution in [0.2, 0.25) is 0 Å². The zero-order chi connectivity index (χ0) is 12.1. The average molecular weight is 225 g/mol. The van der Waals surface area contributed by atoms with Crippen LogP contribution in [-0.2, 0) is 0 Å². The van der Waals surface area contributed by atoms with E-state index < -0.39 is 11.6 Å². The van der Waals surface area contributed by atoms with E-state index in [1.54, 1.807) is 6.07 Å². The summed E-state index contributed by atoms with van der Waals surface area (Å²) < 4.78 is 26.7. The second-order valence-electron chi connectivity index (χ2n) is 3.91. The van der Waals surface area contributed by atoms with Crippen molar-refractivity contribution in [3.63, 3.8) is 0 Å². The van der Waals surface area contributed by atoms with Crippen LogP contribution in [0.25, 0.3) is 0 Å². The zero-order valence-electron chi connectivity index (χ0n) is 9.69. The van der Waals surface area contributed by atoms with E-state index in [1.165, 1.54) is 6.07 Å². The number of benzene rings is 1. The van der Waals surface area contributed by atoms with Crippen LogP contribution in [0.1, 0.15) is 31.9 Å². The second-order valence-corrected chi connectivity index (χ2v) is 3.91. The molecule has 3 heteroatoms. The lowest BCUT2D eigenvalue weighted by molar-refractivity contribution is 0.464. The third kappa shape index (κ3) is 3.14. The van der Waals surface area contributed by atoms with Gasteiger partial charge in [0.1, 0.15) is 0 Å². The van der Waals surface area contributed by atoms with Gasteiger partial charge >= 0.3 is 0 Å². The van der Waals surface area contributed by atoms with Gasteiger partial charge in [0.25, 0.3) is 0 Å². The van der Waals surface area contributed by atoms with Crippen LogP contribution in [0, 0.1) is 11.6 Å². The Morgan fingerprint density at radius 1 is 1.44 bits per heavy atom. The SMILES string of the molecule is C=C(C)CC(NCC)c1cccc(F)c1F. The molecule has 0 aliphatic carbocycles. The molecule has 1 unspecified atom stereocenters. The summed E-state index contributed by atoms with van der Waals surface area (Å²) in [5, 5.41) is 3.13. The molecule has 0 bridgehead atoms. The highest BCUT2D eigenvalue weighted by molar-refractivity contribution is 5.23. The molecule has 0 radical (unpaired) electrons. The van der Waals surface area contributed by atoms with E-state index in [2.05, 4.69) is 11.9 Å². The summed E-state index contributed by atoms with van der Waals surface area (Å²) >= 11 is 0. The van der Waals surface area contributed by atoms with Crippen molar-refractivity contribution in [3.8, 4) is 0 Å². The highest BCUT2D eigenvalue weighted by atomic mass is 19.2. The molecule has 1 N–H and O–H groups in total. The summed E-state index contributed by atoms with van der Waals surface area (Å²) in [6, 6.07) is 4.05. The Kier molecular flexibility index (Phi) is 4.62. The Morgan fingerprint density at radius 2 is 2.12 bits per heavy atom. The molecule has 1 aromatic carbocycles. The van der Waals surface area contributed by atoms with Crippen molar-refractivity contribution in [1.29, 1.82) is 0 Å². The number of hydrogen-bond donors (Lipinski definition) is 1. The van der Waals surface area contributed by atoms with Crippen LogP contribution in [0.15, 0.2) is 30.4 Å². The Balaban J connectivity index is 3.00. The van der Waals surface area contributed by atoms with Crippen LogP contribution in [0.3, 0.4) is 0 Å². The maximum Gasteiger partial charge on any atom is 0.163 e. The van der Waals surface area contributed by atoms with Crippen molar-refractivity contribution in [3.05, 3.63) is 47.5 Å². The van der Waals surface area contributed by atoms with Gasteiger partial charge < -0.3 is 5.32 Å². The second kappa shape index (κ2) is 5.75. The van der Waals surface area contributed by atoms with Crippen LogP contribution in [0.4, 0.5) is 8.78 Å². The molecule has 1 rings (SSSR count). The number of rotatable bonds is 5. The van der Waals surface area contributed by atoms with E-state index >= 15 is 0 Å². The van der Waals surface area contributed by atoms with Gasteiger partial charge in [0.15, 0.2) is 11.6 Å². The Morgan fingerprint density at radius 3 is 2.69 bits per heavy atom. The van der Waals surface area contributed by atoms with E-state index in [9.17, 15) is 8.78 Å². The molecule has 1 atom stereocenters. The number of hydrogen-bond acceptors (Lipinski definition) is 1. The first-order valence-corrected chi connectivity index (χ1v) is 5.38. The lowest BCUT2D eigenvalue weighted by Gasteiger charge is -2.19. The quantitative estimate of drug-likeness (QED) is 0.755. The minimum absolute atomic E-state index is 0.210. The summed E-state index contributed by atoms with van der Waals surface area (Å²) in [5.41, 5.74) is 1.31. The molecular formula is C13H17F2N. The van der Waals surface area contributed by atoms with E-state index in [0.717, 1.165) is 11.6 Å². The van der Waals surface area contributed by atoms with Crippen molar-refractivity contribution < 1.29 is 8.78 Å². The highest BCUT2D eigenvalue weighted by Gasteiger charge is 2.17. The Labute approximate surface area is 95.2 Å². The summed E-state index contributed by atoms with van der Waals surface area (Å²) in [5.74, 6) is -1.57. The van der Waals surface area contributed by atoms with Gasteiger partial charge in [-0.15, -0.1) is 6.58 Å². The summed E-state index contributed by atoms with van der Waals surface area (Å²) in [4.78, 5) is 0. The van der Waals surface area contributed by atoms with Gasteiger partial charge in [-0.3, -0.25) is 0 Å². The van der Waals surface area contributed by atoms with Crippen molar-refractivity contribution >= 4 is 0 Å². The third-order valence-corrected chi connectivity index (χ3v) is 2.36. The molecule has 0 saturated carbocycles. The van der Waals surface area contributed by atoms with Crippen LogP contribution < -0.4 is 5.32 Å². The lowest BCUT2D eigenvalue weighted by atomic mass is 9.99. The van der Waals surface area contributed by atoms with Crippen LogP contribution in [-0.4, -0.2) is 6.54 Å². The van der Waals surface area contributed by atoms with Crippen molar-refractivity contribution in [2.75, 3.05) is 6.54 Å². The standard InChI is InChI=1S/C13H17F2N/c1-4-16-12(8-9(2)3)10-6-5-7-11(14)13(10)15/h5-7,12,16H,2,4,8H2,1,3H3. The predicted octanol–water partition coefficient (Wildman–Crippen LogP) is 3.58. The predicted molar refractivity (Wildman–Crippen MR) is 62.2 cm³/mol. The molecule has 0 aliphatic rings. The molecule has 1 aromatic rings. The molecule has 0 spiro atoms. The van der Waals surface area contributed by atoms with Gasteiger partial charge in [0.2, 0.25) is 0 Å². The van der Waals surface area contributed by atoms with Gasteiger partial charge in [-0.05, 0) is 26.0 Å². The first-order valence-electron chi connectivity index (χ1n) is 5.38. The molecule has 0 aliphatic heterocycles. The first-order chi connectivity index (χ1) is 7.56. The molecule has 88 valence electrons. The number of nitrogens with one attached hydrogen (secondary N) is 1. The third-order valence-electron chi connectivity index (χ3n) is 2.36. The minimum atomic E-state index is -0.804. The Hall–Kier alpha value is -1.22. The van der Waals surface area contributed by atoms with Crippen molar-refractivity contribution in [2.24, 2.45) is 0 Å². The van der Waals surface area contributed by atoms with E-state index in [4.69, 9.17) is 0 Å². The fourth-order valence-electron chi connectivity index (χ4n) is 1.68. The van der Waals surface area contributed by atoms with Crippen LogP contribution >= 0.6 is 0 Å². The van der Waals surface area contributed by atoms with Gasteiger partial charge in [-0.1, -0.05) is 24.6 Å². The van der Waals surface area contributed by atoms with Crippen LogP contribution in [0.5, 0.6) is 0 Å². The molecule has 0 fully saturated rings. The normalized spacial score (nSPS) is 12.5. The van der Waals surface area contributed by atoms with Gasteiger partial charge in [0, 0.05) is 11.6 Å². The fraction of sp³-hybridized carbons (Fsp3) is 0.385. The van der Waals surface area contributed by atoms with Gasteiger partial charge in [-0.25, -0.2) is 8.78 Å². The molecule has 0 amide bonds. The summed E-state index contributed by atoms with van der Waals surface area (Å²) in [6.07, 6.45) is 0.605. The average Bonchev–Trinajstić information content (AvgIpc) is 2.21. The first kappa shape index (κ1) is 12.8. The van der Waals surface area contributed by atoms with Gasteiger partial charge in [-0.2, -0.15) is 0 Å². The summed E-state index contributed by atoms with van der Waals surface area (Å²) in [7, 11) is 0. The molecule has 0 aromatic heterocycles. The van der Waals surface area contributed by atoms with E-state index in [0.29, 0.717) is 18.5 Å². The highest BCUT2D eigenvalue weighted by Crippen LogP contribution is 2.24. The maximum atomic E-state index is 13.6. The molecule has 1 nitrogen and oxygen atoms in total. The molecular weight excluding hydrogens is 208 g/mol. The fourth-order valence-corrected chi connectivity index (χ4v) is 1.68. The van der Waals surface area contributed by atoms with Crippen molar-refractivity contribution in [1.82, 2.24) is 5.32 Å². The lowest BCUT2D eigenvalue weighted by Crippen LogP contribution is -2.22. The topological polar surface area (TPSA) is 12.0 Å². The zero-order valence-corrected chi connectivity index (χ0v) is 9.69. The maximum absolute atomic E-state index is 13.6. The largest absolute Gasteiger partial charge is 0.310 e. The molecule has 16 heavy (non-hydrogen) atoms. The number of halogens is 2. The van der Waals surface area contributed by atoms with Gasteiger partial charge in [0.05, 0.1) is 0 Å². The Bertz CT molecular complexity index is 374. The monoisotopic (exact) mass is 225 g/mol. The van der Waals surface area contributed by atoms with Crippen molar-refractivity contribution in [2.45, 2.75) is 26.3 Å².